The molecule has 0 unspecified atom stereocenters. The molecule has 1 aromatic heterocycles. The van der Waals surface area contributed by atoms with E-state index in [0.29, 0.717) is 6.54 Å². The maximum atomic E-state index is 5.66. The van der Waals surface area contributed by atoms with Crippen molar-refractivity contribution < 1.29 is 0 Å². The third kappa shape index (κ3) is 2.14. The molecule has 3 nitrogen and oxygen atoms in total. The second-order valence-corrected chi connectivity index (χ2v) is 3.84. The van der Waals surface area contributed by atoms with E-state index in [1.54, 1.807) is 0 Å². The van der Waals surface area contributed by atoms with Gasteiger partial charge < -0.3 is 10.3 Å². The van der Waals surface area contributed by atoms with Crippen LogP contribution in [-0.2, 0) is 19.5 Å². The topological polar surface area (TPSA) is 43.8 Å². The van der Waals surface area contributed by atoms with E-state index < -0.39 is 0 Å². The highest BCUT2D eigenvalue weighted by Crippen LogP contribution is 2.12. The Morgan fingerprint density at radius 3 is 2.69 bits per heavy atom. The number of aryl methyl sites for hydroxylation is 1. The number of hydrogen-bond donors (Lipinski definition) is 1. The Kier molecular flexibility index (Phi) is 3.37. The molecule has 1 aromatic carbocycles. The first kappa shape index (κ1) is 10.9. The minimum absolute atomic E-state index is 0.536. The van der Waals surface area contributed by atoms with Crippen molar-refractivity contribution in [3.63, 3.8) is 0 Å². The third-order valence-electron chi connectivity index (χ3n) is 2.85. The van der Waals surface area contributed by atoms with Gasteiger partial charge in [-0.15, -0.1) is 0 Å². The van der Waals surface area contributed by atoms with Crippen LogP contribution in [0.3, 0.4) is 0 Å². The molecule has 0 atom stereocenters. The SMILES string of the molecule is CCc1ccccc1Cn1cncc1CN. The second-order valence-electron chi connectivity index (χ2n) is 3.84. The van der Waals surface area contributed by atoms with E-state index in [0.717, 1.165) is 18.7 Å². The Labute approximate surface area is 95.9 Å². The zero-order valence-corrected chi connectivity index (χ0v) is 9.56. The largest absolute Gasteiger partial charge is 0.329 e. The van der Waals surface area contributed by atoms with Gasteiger partial charge in [-0.1, -0.05) is 31.2 Å². The minimum atomic E-state index is 0.536. The van der Waals surface area contributed by atoms with E-state index >= 15 is 0 Å². The first-order chi connectivity index (χ1) is 7.85. The summed E-state index contributed by atoms with van der Waals surface area (Å²) in [7, 11) is 0. The van der Waals surface area contributed by atoms with Gasteiger partial charge in [0.2, 0.25) is 0 Å². The van der Waals surface area contributed by atoms with E-state index in [1.807, 2.05) is 12.5 Å². The highest BCUT2D eigenvalue weighted by molar-refractivity contribution is 5.27. The van der Waals surface area contributed by atoms with Gasteiger partial charge in [-0.25, -0.2) is 4.98 Å². The average Bonchev–Trinajstić information content (AvgIpc) is 2.77. The first-order valence-corrected chi connectivity index (χ1v) is 5.61. The van der Waals surface area contributed by atoms with Gasteiger partial charge in [0.25, 0.3) is 0 Å². The van der Waals surface area contributed by atoms with Crippen LogP contribution in [0.2, 0.25) is 0 Å². The molecule has 2 aromatic rings. The maximum Gasteiger partial charge on any atom is 0.0951 e. The van der Waals surface area contributed by atoms with Crippen LogP contribution >= 0.6 is 0 Å². The number of nitrogens with two attached hydrogens (primary N) is 1. The number of benzene rings is 1. The summed E-state index contributed by atoms with van der Waals surface area (Å²) in [5, 5.41) is 0. The van der Waals surface area contributed by atoms with E-state index in [4.69, 9.17) is 5.73 Å². The van der Waals surface area contributed by atoms with Gasteiger partial charge >= 0.3 is 0 Å². The molecule has 0 fully saturated rings. The van der Waals surface area contributed by atoms with Crippen molar-refractivity contribution in [2.75, 3.05) is 0 Å². The number of hydrogen-bond acceptors (Lipinski definition) is 2. The number of nitrogens with zero attached hydrogens (tertiary/aromatic N) is 2. The number of imidazole rings is 1. The Morgan fingerprint density at radius 1 is 1.25 bits per heavy atom. The highest BCUT2D eigenvalue weighted by atomic mass is 15.0. The summed E-state index contributed by atoms with van der Waals surface area (Å²) in [6.45, 7) is 3.57. The van der Waals surface area contributed by atoms with Crippen LogP contribution < -0.4 is 5.73 Å². The Bertz CT molecular complexity index is 460. The van der Waals surface area contributed by atoms with Crippen LogP contribution in [0.4, 0.5) is 0 Å². The zero-order valence-electron chi connectivity index (χ0n) is 9.56. The van der Waals surface area contributed by atoms with Gasteiger partial charge in [-0.3, -0.25) is 0 Å². The molecule has 84 valence electrons. The van der Waals surface area contributed by atoms with Crippen molar-refractivity contribution >= 4 is 0 Å². The van der Waals surface area contributed by atoms with Crippen molar-refractivity contribution in [2.45, 2.75) is 26.4 Å². The maximum absolute atomic E-state index is 5.66. The van der Waals surface area contributed by atoms with Gasteiger partial charge in [0, 0.05) is 19.3 Å². The zero-order chi connectivity index (χ0) is 11.4. The quantitative estimate of drug-likeness (QED) is 0.847. The van der Waals surface area contributed by atoms with Gasteiger partial charge in [0.1, 0.15) is 0 Å². The predicted molar refractivity (Wildman–Crippen MR) is 65.0 cm³/mol. The predicted octanol–water partition coefficient (Wildman–Crippen LogP) is 1.95. The van der Waals surface area contributed by atoms with E-state index in [-0.39, 0.29) is 0 Å². The van der Waals surface area contributed by atoms with Crippen LogP contribution in [0.25, 0.3) is 0 Å². The summed E-state index contributed by atoms with van der Waals surface area (Å²) in [4.78, 5) is 4.13. The minimum Gasteiger partial charge on any atom is -0.329 e. The monoisotopic (exact) mass is 215 g/mol. The fourth-order valence-electron chi connectivity index (χ4n) is 1.90. The molecule has 0 aliphatic heterocycles. The molecule has 16 heavy (non-hydrogen) atoms. The molecular weight excluding hydrogens is 198 g/mol. The second kappa shape index (κ2) is 4.94. The lowest BCUT2D eigenvalue weighted by atomic mass is 10.1. The van der Waals surface area contributed by atoms with Crippen LogP contribution in [0, 0.1) is 0 Å². The van der Waals surface area contributed by atoms with Crippen LogP contribution in [0.5, 0.6) is 0 Å². The first-order valence-electron chi connectivity index (χ1n) is 5.61. The molecule has 0 saturated carbocycles. The summed E-state index contributed by atoms with van der Waals surface area (Å²) < 4.78 is 2.11. The summed E-state index contributed by atoms with van der Waals surface area (Å²) in [5.74, 6) is 0. The van der Waals surface area contributed by atoms with Gasteiger partial charge in [0.15, 0.2) is 0 Å². The molecule has 0 spiro atoms. The molecule has 2 rings (SSSR count). The lowest BCUT2D eigenvalue weighted by molar-refractivity contribution is 0.733. The van der Waals surface area contributed by atoms with E-state index in [9.17, 15) is 0 Å². The molecule has 2 N–H and O–H groups in total. The molecule has 1 heterocycles. The molecule has 0 aliphatic rings. The Balaban J connectivity index is 2.26. The summed E-state index contributed by atoms with van der Waals surface area (Å²) in [6.07, 6.45) is 4.73. The molecular formula is C13H17N3. The third-order valence-corrected chi connectivity index (χ3v) is 2.85. The smallest absolute Gasteiger partial charge is 0.0951 e. The fraction of sp³-hybridized carbons (Fsp3) is 0.308. The van der Waals surface area contributed by atoms with Crippen LogP contribution in [0.15, 0.2) is 36.8 Å². The molecule has 0 amide bonds. The molecule has 0 saturated heterocycles. The normalized spacial score (nSPS) is 10.6. The molecule has 0 radical (unpaired) electrons. The highest BCUT2D eigenvalue weighted by Gasteiger charge is 2.03. The lowest BCUT2D eigenvalue weighted by Crippen LogP contribution is -2.08. The van der Waals surface area contributed by atoms with Crippen molar-refractivity contribution in [3.05, 3.63) is 53.6 Å². The summed E-state index contributed by atoms with van der Waals surface area (Å²) in [5.41, 5.74) is 9.47. The van der Waals surface area contributed by atoms with Crippen LogP contribution in [-0.4, -0.2) is 9.55 Å². The Hall–Kier alpha value is -1.61. The van der Waals surface area contributed by atoms with Crippen molar-refractivity contribution in [3.8, 4) is 0 Å². The van der Waals surface area contributed by atoms with Gasteiger partial charge in [0.05, 0.1) is 12.0 Å². The average molecular weight is 215 g/mol. The van der Waals surface area contributed by atoms with Crippen molar-refractivity contribution in [2.24, 2.45) is 5.73 Å². The summed E-state index contributed by atoms with van der Waals surface area (Å²) >= 11 is 0. The number of aromatic nitrogens is 2. The van der Waals surface area contributed by atoms with Gasteiger partial charge in [-0.05, 0) is 17.5 Å². The molecule has 3 heteroatoms. The molecule has 0 aliphatic carbocycles. The lowest BCUT2D eigenvalue weighted by Gasteiger charge is -2.10. The summed E-state index contributed by atoms with van der Waals surface area (Å²) in [6, 6.07) is 8.50. The fourth-order valence-corrected chi connectivity index (χ4v) is 1.90. The van der Waals surface area contributed by atoms with E-state index in [1.165, 1.54) is 11.1 Å². The number of rotatable bonds is 4. The standard InChI is InChI=1S/C13H17N3/c1-2-11-5-3-4-6-12(11)9-16-10-15-8-13(16)7-14/h3-6,8,10H,2,7,9,14H2,1H3. The van der Waals surface area contributed by atoms with Crippen LogP contribution in [0.1, 0.15) is 23.7 Å². The van der Waals surface area contributed by atoms with E-state index in [2.05, 4.69) is 40.7 Å². The van der Waals surface area contributed by atoms with Crippen molar-refractivity contribution in [1.82, 2.24) is 9.55 Å². The van der Waals surface area contributed by atoms with Crippen molar-refractivity contribution in [1.29, 1.82) is 0 Å². The Morgan fingerprint density at radius 2 is 2.00 bits per heavy atom. The molecule has 0 bridgehead atoms. The van der Waals surface area contributed by atoms with Gasteiger partial charge in [-0.2, -0.15) is 0 Å².